The Morgan fingerprint density at radius 3 is 3.00 bits per heavy atom. The highest BCUT2D eigenvalue weighted by atomic mass is 16.5. The summed E-state index contributed by atoms with van der Waals surface area (Å²) in [5, 5.41) is 4.50. The van der Waals surface area contributed by atoms with E-state index in [0.29, 0.717) is 25.7 Å². The van der Waals surface area contributed by atoms with Crippen LogP contribution in [0.1, 0.15) is 24.8 Å². The molecule has 1 aliphatic heterocycles. The van der Waals surface area contributed by atoms with Gasteiger partial charge in [0.15, 0.2) is 0 Å². The standard InChI is InChI=1S/C21H29N3O3/c1-26-11-2-9-23-10-7-17-4-3-16(13-19(17)23)15-24(18-5-6-18)21(25)20-14-22-8-12-27-20/h3-4,7,10,13,18,20,22H,2,5-6,8-9,11-12,14-15H2,1H3/t20-/m1/s1. The van der Waals surface area contributed by atoms with Crippen LogP contribution in [0.4, 0.5) is 0 Å². The van der Waals surface area contributed by atoms with Crippen LogP contribution in [0.5, 0.6) is 0 Å². The summed E-state index contributed by atoms with van der Waals surface area (Å²) in [6, 6.07) is 9.05. The Morgan fingerprint density at radius 2 is 2.26 bits per heavy atom. The average molecular weight is 371 g/mol. The first-order valence-electron chi connectivity index (χ1n) is 9.96. The molecule has 2 aliphatic rings. The number of hydrogen-bond acceptors (Lipinski definition) is 4. The van der Waals surface area contributed by atoms with Crippen LogP contribution in [0.3, 0.4) is 0 Å². The highest BCUT2D eigenvalue weighted by Crippen LogP contribution is 2.30. The summed E-state index contributed by atoms with van der Waals surface area (Å²) in [7, 11) is 1.74. The number of carbonyl (C=O) groups is 1. The highest BCUT2D eigenvalue weighted by molar-refractivity contribution is 5.83. The molecular formula is C21H29N3O3. The van der Waals surface area contributed by atoms with Crippen LogP contribution in [0.25, 0.3) is 10.9 Å². The number of rotatable bonds is 8. The van der Waals surface area contributed by atoms with Crippen molar-refractivity contribution >= 4 is 16.8 Å². The normalized spacial score (nSPS) is 20.1. The molecule has 0 spiro atoms. The molecule has 2 fully saturated rings. The lowest BCUT2D eigenvalue weighted by molar-refractivity contribution is -0.146. The van der Waals surface area contributed by atoms with Crippen molar-refractivity contribution < 1.29 is 14.3 Å². The Hall–Kier alpha value is -1.89. The third-order valence-corrected chi connectivity index (χ3v) is 5.41. The van der Waals surface area contributed by atoms with Crippen LogP contribution in [-0.4, -0.2) is 60.9 Å². The third-order valence-electron chi connectivity index (χ3n) is 5.41. The van der Waals surface area contributed by atoms with E-state index in [0.717, 1.165) is 39.0 Å². The molecule has 1 saturated heterocycles. The van der Waals surface area contributed by atoms with Gasteiger partial charge in [0.25, 0.3) is 5.91 Å². The molecule has 0 unspecified atom stereocenters. The summed E-state index contributed by atoms with van der Waals surface area (Å²) >= 11 is 0. The number of nitrogens with zero attached hydrogens (tertiary/aromatic N) is 2. The van der Waals surface area contributed by atoms with Gasteiger partial charge in [0.1, 0.15) is 6.10 Å². The molecule has 6 heteroatoms. The summed E-state index contributed by atoms with van der Waals surface area (Å²) in [4.78, 5) is 15.0. The number of nitrogens with one attached hydrogen (secondary N) is 1. The molecule has 0 bridgehead atoms. The van der Waals surface area contributed by atoms with Crippen molar-refractivity contribution in [2.45, 2.75) is 44.5 Å². The van der Waals surface area contributed by atoms with Crippen molar-refractivity contribution in [1.29, 1.82) is 0 Å². The molecule has 1 aliphatic carbocycles. The van der Waals surface area contributed by atoms with Crippen molar-refractivity contribution in [1.82, 2.24) is 14.8 Å². The Bertz CT molecular complexity index is 778. The average Bonchev–Trinajstić information content (AvgIpc) is 3.47. The second-order valence-electron chi connectivity index (χ2n) is 7.51. The maximum atomic E-state index is 13.0. The Labute approximate surface area is 160 Å². The second-order valence-corrected chi connectivity index (χ2v) is 7.51. The lowest BCUT2D eigenvalue weighted by Crippen LogP contribution is -2.49. The summed E-state index contributed by atoms with van der Waals surface area (Å²) in [6.07, 6.45) is 4.97. The number of benzene rings is 1. The van der Waals surface area contributed by atoms with Crippen LogP contribution >= 0.6 is 0 Å². The van der Waals surface area contributed by atoms with E-state index in [1.54, 1.807) is 7.11 Å². The number of aryl methyl sites for hydroxylation is 1. The van der Waals surface area contributed by atoms with Gasteiger partial charge in [-0.25, -0.2) is 0 Å². The largest absolute Gasteiger partial charge is 0.385 e. The van der Waals surface area contributed by atoms with Crippen molar-refractivity contribution in [3.8, 4) is 0 Å². The van der Waals surface area contributed by atoms with Crippen LogP contribution in [0, 0.1) is 0 Å². The monoisotopic (exact) mass is 371 g/mol. The van der Waals surface area contributed by atoms with Gasteiger partial charge in [0, 0.05) is 57.7 Å². The van der Waals surface area contributed by atoms with Crippen LogP contribution in [-0.2, 0) is 27.4 Å². The number of ether oxygens (including phenoxy) is 2. The molecule has 4 rings (SSSR count). The zero-order valence-electron chi connectivity index (χ0n) is 16.0. The van der Waals surface area contributed by atoms with Crippen molar-refractivity contribution in [2.75, 3.05) is 33.4 Å². The fraction of sp³-hybridized carbons (Fsp3) is 0.571. The Morgan fingerprint density at radius 1 is 1.37 bits per heavy atom. The summed E-state index contributed by atoms with van der Waals surface area (Å²) in [5.74, 6) is 0.125. The number of methoxy groups -OCH3 is 1. The summed E-state index contributed by atoms with van der Waals surface area (Å²) < 4.78 is 13.1. The molecule has 2 heterocycles. The smallest absolute Gasteiger partial charge is 0.253 e. The number of fused-ring (bicyclic) bond motifs is 1. The van der Waals surface area contributed by atoms with Crippen molar-refractivity contribution in [3.05, 3.63) is 36.0 Å². The first-order chi connectivity index (χ1) is 13.3. The maximum Gasteiger partial charge on any atom is 0.253 e. The molecule has 1 amide bonds. The third kappa shape index (κ3) is 4.34. The molecule has 146 valence electrons. The molecule has 1 aromatic carbocycles. The Kier molecular flexibility index (Phi) is 5.76. The van der Waals surface area contributed by atoms with Gasteiger partial charge < -0.3 is 24.3 Å². The van der Waals surface area contributed by atoms with Crippen LogP contribution in [0.15, 0.2) is 30.5 Å². The highest BCUT2D eigenvalue weighted by Gasteiger charge is 2.36. The van der Waals surface area contributed by atoms with E-state index in [1.165, 1.54) is 16.5 Å². The minimum atomic E-state index is -0.346. The fourth-order valence-electron chi connectivity index (χ4n) is 3.78. The van der Waals surface area contributed by atoms with Gasteiger partial charge in [-0.15, -0.1) is 0 Å². The number of carbonyl (C=O) groups excluding carboxylic acids is 1. The molecule has 27 heavy (non-hydrogen) atoms. The molecule has 1 aromatic heterocycles. The van der Waals surface area contributed by atoms with Gasteiger partial charge in [-0.1, -0.05) is 12.1 Å². The minimum Gasteiger partial charge on any atom is -0.385 e. The first kappa shape index (κ1) is 18.5. The maximum absolute atomic E-state index is 13.0. The number of morpholine rings is 1. The van der Waals surface area contributed by atoms with E-state index < -0.39 is 0 Å². The zero-order chi connectivity index (χ0) is 18.6. The zero-order valence-corrected chi connectivity index (χ0v) is 16.0. The van der Waals surface area contributed by atoms with E-state index in [1.807, 2.05) is 4.90 Å². The Balaban J connectivity index is 1.50. The van der Waals surface area contributed by atoms with Crippen molar-refractivity contribution in [3.63, 3.8) is 0 Å². The van der Waals surface area contributed by atoms with Crippen molar-refractivity contribution in [2.24, 2.45) is 0 Å². The van der Waals surface area contributed by atoms with E-state index >= 15 is 0 Å². The van der Waals surface area contributed by atoms with Gasteiger partial charge in [0.2, 0.25) is 0 Å². The van der Waals surface area contributed by atoms with Gasteiger partial charge in [-0.2, -0.15) is 0 Å². The van der Waals surface area contributed by atoms with E-state index in [9.17, 15) is 4.79 Å². The molecule has 2 aromatic rings. The SMILES string of the molecule is COCCCn1ccc2ccc(CN(C(=O)[C@H]3CNCCO3)C3CC3)cc21. The number of amides is 1. The van der Waals surface area contributed by atoms with Gasteiger partial charge in [-0.05, 0) is 42.3 Å². The number of hydrogen-bond donors (Lipinski definition) is 1. The molecule has 0 radical (unpaired) electrons. The predicted molar refractivity (Wildman–Crippen MR) is 105 cm³/mol. The first-order valence-corrected chi connectivity index (χ1v) is 9.96. The molecule has 1 atom stereocenters. The minimum absolute atomic E-state index is 0.125. The fourth-order valence-corrected chi connectivity index (χ4v) is 3.78. The quantitative estimate of drug-likeness (QED) is 0.723. The van der Waals surface area contributed by atoms with Gasteiger partial charge in [0.05, 0.1) is 6.61 Å². The van der Waals surface area contributed by atoms with E-state index in [-0.39, 0.29) is 12.0 Å². The number of aromatic nitrogens is 1. The predicted octanol–water partition coefficient (Wildman–Crippen LogP) is 2.16. The molecule has 6 nitrogen and oxygen atoms in total. The lowest BCUT2D eigenvalue weighted by atomic mass is 10.1. The van der Waals surface area contributed by atoms with E-state index in [4.69, 9.17) is 9.47 Å². The molecular weight excluding hydrogens is 342 g/mol. The topological polar surface area (TPSA) is 55.7 Å². The van der Waals surface area contributed by atoms with Gasteiger partial charge >= 0.3 is 0 Å². The van der Waals surface area contributed by atoms with Crippen LogP contribution in [0.2, 0.25) is 0 Å². The molecule has 1 saturated carbocycles. The van der Waals surface area contributed by atoms with Gasteiger partial charge in [-0.3, -0.25) is 4.79 Å². The molecule has 1 N–H and O–H groups in total. The summed E-state index contributed by atoms with van der Waals surface area (Å²) in [5.41, 5.74) is 2.40. The second kappa shape index (κ2) is 8.42. The van der Waals surface area contributed by atoms with Crippen LogP contribution < -0.4 is 5.32 Å². The lowest BCUT2D eigenvalue weighted by Gasteiger charge is -2.30. The van der Waals surface area contributed by atoms with E-state index in [2.05, 4.69) is 40.3 Å². The summed E-state index contributed by atoms with van der Waals surface area (Å²) in [6.45, 7) is 4.40.